The standard InChI is InChI=1S/C23H33N5O4S/c1-16-21(3-2-9-24-16)22(29)25-10-6-17-7-11-28(12-8-17)33(31,32)27-23(30)26-15-20-14-18-4-5-19(20)13-18/h2-5,9,17-20H,6-8,10-15H2,1H3,(H,25,29)(H2,26,27,30)/t18-,19-,20+/m1/s1. The number of fused-ring (bicyclic) bond motifs is 2. The van der Waals surface area contributed by atoms with Crippen LogP contribution in [0.2, 0.25) is 0 Å². The van der Waals surface area contributed by atoms with Gasteiger partial charge in [0.15, 0.2) is 0 Å². The molecule has 1 saturated carbocycles. The number of urea groups is 1. The minimum Gasteiger partial charge on any atom is -0.352 e. The van der Waals surface area contributed by atoms with Gasteiger partial charge in [-0.25, -0.2) is 9.52 Å². The van der Waals surface area contributed by atoms with Crippen molar-refractivity contribution in [2.75, 3.05) is 26.2 Å². The van der Waals surface area contributed by atoms with Crippen LogP contribution in [0, 0.1) is 30.6 Å². The van der Waals surface area contributed by atoms with Crippen LogP contribution in [0.1, 0.15) is 48.2 Å². The van der Waals surface area contributed by atoms with E-state index in [9.17, 15) is 18.0 Å². The van der Waals surface area contributed by atoms with Crippen molar-refractivity contribution in [3.63, 3.8) is 0 Å². The molecule has 33 heavy (non-hydrogen) atoms. The first-order chi connectivity index (χ1) is 15.8. The number of aromatic nitrogens is 1. The van der Waals surface area contributed by atoms with Crippen LogP contribution in [0.4, 0.5) is 4.79 Å². The van der Waals surface area contributed by atoms with Gasteiger partial charge in [-0.1, -0.05) is 12.2 Å². The highest BCUT2D eigenvalue weighted by Gasteiger charge is 2.36. The highest BCUT2D eigenvalue weighted by Crippen LogP contribution is 2.42. The van der Waals surface area contributed by atoms with E-state index in [0.717, 1.165) is 19.3 Å². The largest absolute Gasteiger partial charge is 0.352 e. The number of hydrogen-bond donors (Lipinski definition) is 3. The maximum absolute atomic E-state index is 12.6. The van der Waals surface area contributed by atoms with Crippen molar-refractivity contribution in [3.8, 4) is 0 Å². The third-order valence-corrected chi connectivity index (χ3v) is 8.65. The molecule has 0 spiro atoms. The second-order valence-corrected chi connectivity index (χ2v) is 11.1. The molecule has 1 aromatic heterocycles. The predicted molar refractivity (Wildman–Crippen MR) is 125 cm³/mol. The van der Waals surface area contributed by atoms with Gasteiger partial charge in [0.1, 0.15) is 0 Å². The smallest absolute Gasteiger partial charge is 0.329 e. The zero-order valence-electron chi connectivity index (χ0n) is 19.0. The van der Waals surface area contributed by atoms with Crippen LogP contribution in [0.5, 0.6) is 0 Å². The highest BCUT2D eigenvalue weighted by atomic mass is 32.2. The van der Waals surface area contributed by atoms with Crippen LogP contribution in [-0.2, 0) is 10.2 Å². The topological polar surface area (TPSA) is 120 Å². The van der Waals surface area contributed by atoms with E-state index in [-0.39, 0.29) is 5.91 Å². The Kier molecular flexibility index (Phi) is 7.33. The lowest BCUT2D eigenvalue weighted by atomic mass is 9.94. The lowest BCUT2D eigenvalue weighted by molar-refractivity contribution is 0.0949. The summed E-state index contributed by atoms with van der Waals surface area (Å²) in [4.78, 5) is 28.6. The fraction of sp³-hybridized carbons (Fsp3) is 0.609. The number of allylic oxidation sites excluding steroid dienone is 2. The molecule has 2 fully saturated rings. The van der Waals surface area contributed by atoms with E-state index in [2.05, 4.69) is 32.5 Å². The molecular formula is C23H33N5O4S. The number of aryl methyl sites for hydroxylation is 1. The van der Waals surface area contributed by atoms with Gasteiger partial charge >= 0.3 is 16.2 Å². The van der Waals surface area contributed by atoms with Crippen molar-refractivity contribution in [3.05, 3.63) is 41.7 Å². The van der Waals surface area contributed by atoms with E-state index in [1.165, 1.54) is 4.31 Å². The van der Waals surface area contributed by atoms with Gasteiger partial charge in [-0.15, -0.1) is 0 Å². The van der Waals surface area contributed by atoms with E-state index in [0.29, 0.717) is 73.9 Å². The summed E-state index contributed by atoms with van der Waals surface area (Å²) in [5, 5.41) is 5.66. The highest BCUT2D eigenvalue weighted by molar-refractivity contribution is 7.87. The van der Waals surface area contributed by atoms with Crippen LogP contribution < -0.4 is 15.4 Å². The molecular weight excluding hydrogens is 442 g/mol. The molecule has 1 aromatic rings. The molecule has 9 nitrogen and oxygen atoms in total. The maximum Gasteiger partial charge on any atom is 0.329 e. The lowest BCUT2D eigenvalue weighted by Gasteiger charge is -2.31. The molecule has 2 bridgehead atoms. The number of rotatable bonds is 8. The Morgan fingerprint density at radius 3 is 2.61 bits per heavy atom. The fourth-order valence-electron chi connectivity index (χ4n) is 5.22. The van der Waals surface area contributed by atoms with Crippen LogP contribution in [-0.4, -0.2) is 55.8 Å². The van der Waals surface area contributed by atoms with E-state index in [4.69, 9.17) is 0 Å². The summed E-state index contributed by atoms with van der Waals surface area (Å²) in [5.41, 5.74) is 1.26. The average molecular weight is 476 g/mol. The number of pyridine rings is 1. The molecule has 4 rings (SSSR count). The Morgan fingerprint density at radius 2 is 1.94 bits per heavy atom. The van der Waals surface area contributed by atoms with E-state index in [1.807, 2.05) is 0 Å². The Labute approximate surface area is 195 Å². The Bertz CT molecular complexity index is 1000. The number of amides is 3. The van der Waals surface area contributed by atoms with Gasteiger partial charge in [-0.3, -0.25) is 9.78 Å². The van der Waals surface area contributed by atoms with Crippen molar-refractivity contribution in [2.24, 2.45) is 23.7 Å². The van der Waals surface area contributed by atoms with E-state index in [1.54, 1.807) is 25.3 Å². The number of nitrogens with zero attached hydrogens (tertiary/aromatic N) is 2. The molecule has 3 amide bonds. The number of piperidine rings is 1. The summed E-state index contributed by atoms with van der Waals surface area (Å²) in [6.45, 7) is 3.55. The van der Waals surface area contributed by atoms with Crippen molar-refractivity contribution in [1.82, 2.24) is 24.6 Å². The van der Waals surface area contributed by atoms with Crippen molar-refractivity contribution in [1.29, 1.82) is 0 Å². The molecule has 3 N–H and O–H groups in total. The minimum absolute atomic E-state index is 0.141. The number of carbonyl (C=O) groups is 2. The fourth-order valence-corrected chi connectivity index (χ4v) is 6.35. The second kappa shape index (κ2) is 10.2. The first-order valence-electron chi connectivity index (χ1n) is 11.8. The van der Waals surface area contributed by atoms with Crippen molar-refractivity contribution in [2.45, 2.75) is 39.0 Å². The molecule has 0 aromatic carbocycles. The van der Waals surface area contributed by atoms with E-state index >= 15 is 0 Å². The van der Waals surface area contributed by atoms with Gasteiger partial charge in [0, 0.05) is 38.1 Å². The van der Waals surface area contributed by atoms with E-state index < -0.39 is 16.2 Å². The quantitative estimate of drug-likeness (QED) is 0.497. The maximum atomic E-state index is 12.6. The Balaban J connectivity index is 1.15. The van der Waals surface area contributed by atoms with Crippen molar-refractivity contribution >= 4 is 22.1 Å². The Morgan fingerprint density at radius 1 is 1.15 bits per heavy atom. The summed E-state index contributed by atoms with van der Waals surface area (Å²) in [5.74, 6) is 1.70. The average Bonchev–Trinajstić information content (AvgIpc) is 3.41. The van der Waals surface area contributed by atoms with Gasteiger partial charge in [0.25, 0.3) is 5.91 Å². The summed E-state index contributed by atoms with van der Waals surface area (Å²) in [6, 6.07) is 2.83. The summed E-state index contributed by atoms with van der Waals surface area (Å²) >= 11 is 0. The van der Waals surface area contributed by atoms with Crippen LogP contribution in [0.15, 0.2) is 30.5 Å². The molecule has 3 atom stereocenters. The van der Waals surface area contributed by atoms with Crippen LogP contribution in [0.25, 0.3) is 0 Å². The monoisotopic (exact) mass is 475 g/mol. The molecule has 1 saturated heterocycles. The van der Waals surface area contributed by atoms with Gasteiger partial charge in [-0.05, 0) is 74.8 Å². The number of hydrogen-bond acceptors (Lipinski definition) is 5. The molecule has 2 heterocycles. The normalized spacial score (nSPS) is 25.2. The first-order valence-corrected chi connectivity index (χ1v) is 13.2. The SMILES string of the molecule is Cc1ncccc1C(=O)NCCC1CCN(S(=O)(=O)NC(=O)NC[C@@H]2C[C@@H]3C=C[C@@H]2C3)CC1. The summed E-state index contributed by atoms with van der Waals surface area (Å²) in [6.07, 6.45) is 10.5. The Hall–Kier alpha value is -2.46. The van der Waals surface area contributed by atoms with Crippen molar-refractivity contribution < 1.29 is 18.0 Å². The third-order valence-electron chi connectivity index (χ3n) is 7.17. The van der Waals surface area contributed by atoms with Gasteiger partial charge < -0.3 is 10.6 Å². The van der Waals surface area contributed by atoms with Gasteiger partial charge in [0.2, 0.25) is 0 Å². The predicted octanol–water partition coefficient (Wildman–Crippen LogP) is 1.98. The molecule has 3 aliphatic rings. The first kappa shape index (κ1) is 23.7. The third kappa shape index (κ3) is 5.92. The molecule has 0 radical (unpaired) electrons. The molecule has 180 valence electrons. The second-order valence-electron chi connectivity index (χ2n) is 9.38. The summed E-state index contributed by atoms with van der Waals surface area (Å²) in [7, 11) is -3.86. The minimum atomic E-state index is -3.86. The molecule has 0 unspecified atom stereocenters. The van der Waals surface area contributed by atoms with Gasteiger partial charge in [0.05, 0.1) is 5.56 Å². The summed E-state index contributed by atoms with van der Waals surface area (Å²) < 4.78 is 28.7. The van der Waals surface area contributed by atoms with Crippen LogP contribution >= 0.6 is 0 Å². The zero-order chi connectivity index (χ0) is 23.4. The zero-order valence-corrected chi connectivity index (χ0v) is 19.8. The lowest BCUT2D eigenvalue weighted by Crippen LogP contribution is -2.50. The number of nitrogens with one attached hydrogen (secondary N) is 3. The molecule has 2 aliphatic carbocycles. The molecule has 1 aliphatic heterocycles. The molecule has 10 heteroatoms. The van der Waals surface area contributed by atoms with Gasteiger partial charge in [-0.2, -0.15) is 12.7 Å². The number of carbonyl (C=O) groups excluding carboxylic acids is 2. The van der Waals surface area contributed by atoms with Crippen LogP contribution in [0.3, 0.4) is 0 Å².